The monoisotopic (exact) mass is 995 g/mol. The molecule has 0 radical (unpaired) electrons. The standard InChI is InChI=1S/C54H75ClN10O6/c1-35(56-3)49(66)61-45(53(70)64-31-11-21-47(64)51(68)59-43-19-9-15-39-13-5-7-17-41(39)43)27-29-57-33-37-23-25-38(26-24-37)34-58-30-28-46(62-50(67)36(2)63(4)55)54(71)65-32-12-22-48(65)52(69)60-44-20-10-16-40-14-6-8-18-42(40)44/h5-8,13-14,17-18,23-26,35-36,43-48,56-58H,9-12,15-16,19-22,27-34H2,1-4H3,(H,59,68)(H,60,69)(H,61,66)(H,62,67)/t35-,36-,43+,44+,45-,46-,47-,48-/m0/s1. The summed E-state index contributed by atoms with van der Waals surface area (Å²) in [5, 5.41) is 22.2. The highest BCUT2D eigenvalue weighted by Crippen LogP contribution is 2.32. The molecule has 4 aliphatic rings. The van der Waals surface area contributed by atoms with Gasteiger partial charge in [-0.1, -0.05) is 72.8 Å². The average molecular weight is 996 g/mol. The molecular formula is C54H75ClN10O6. The topological polar surface area (TPSA) is 196 Å². The molecule has 0 bridgehead atoms. The zero-order valence-electron chi connectivity index (χ0n) is 41.9. The lowest BCUT2D eigenvalue weighted by Gasteiger charge is -2.32. The molecule has 0 saturated carbocycles. The predicted octanol–water partition coefficient (Wildman–Crippen LogP) is 4.07. The molecular weight excluding hydrogens is 920 g/mol. The summed E-state index contributed by atoms with van der Waals surface area (Å²) in [6.45, 7) is 6.25. The van der Waals surface area contributed by atoms with Crippen LogP contribution in [0.5, 0.6) is 0 Å². The molecule has 16 nitrogen and oxygen atoms in total. The highest BCUT2D eigenvalue weighted by atomic mass is 35.5. The van der Waals surface area contributed by atoms with Gasteiger partial charge in [0.2, 0.25) is 35.4 Å². The summed E-state index contributed by atoms with van der Waals surface area (Å²) >= 11 is 6.14. The fourth-order valence-electron chi connectivity index (χ4n) is 10.5. The zero-order chi connectivity index (χ0) is 50.4. The maximum Gasteiger partial charge on any atom is 0.245 e. The van der Waals surface area contributed by atoms with Gasteiger partial charge in [-0.2, -0.15) is 0 Å². The molecule has 0 aromatic heterocycles. The van der Waals surface area contributed by atoms with Gasteiger partial charge in [0.05, 0.1) is 18.1 Å². The smallest absolute Gasteiger partial charge is 0.245 e. The van der Waals surface area contributed by atoms with E-state index in [1.54, 1.807) is 37.7 Å². The quantitative estimate of drug-likeness (QED) is 0.0570. The Morgan fingerprint density at radius 3 is 1.49 bits per heavy atom. The number of fused-ring (bicyclic) bond motifs is 2. The molecule has 2 fully saturated rings. The van der Waals surface area contributed by atoms with E-state index in [0.29, 0.717) is 77.8 Å². The van der Waals surface area contributed by atoms with Crippen molar-refractivity contribution in [1.29, 1.82) is 0 Å². The number of halogens is 1. The number of hydrogen-bond acceptors (Lipinski definition) is 10. The third kappa shape index (κ3) is 14.0. The summed E-state index contributed by atoms with van der Waals surface area (Å²) in [6, 6.07) is 20.3. The van der Waals surface area contributed by atoms with Crippen LogP contribution in [0.4, 0.5) is 0 Å². The van der Waals surface area contributed by atoms with Gasteiger partial charge in [-0.25, -0.2) is 4.42 Å². The number of amides is 6. The number of nitrogens with one attached hydrogen (secondary N) is 7. The largest absolute Gasteiger partial charge is 0.347 e. The van der Waals surface area contributed by atoms with Crippen LogP contribution in [0.3, 0.4) is 0 Å². The number of aryl methyl sites for hydroxylation is 2. The van der Waals surface area contributed by atoms with E-state index < -0.39 is 36.3 Å². The second-order valence-corrected chi connectivity index (χ2v) is 20.3. The number of hydrogen-bond donors (Lipinski definition) is 7. The van der Waals surface area contributed by atoms with Crippen LogP contribution in [0.2, 0.25) is 0 Å². The number of carbonyl (C=O) groups excluding carboxylic acids is 6. The van der Waals surface area contributed by atoms with E-state index >= 15 is 0 Å². The molecule has 6 amide bonds. The molecule has 7 rings (SSSR count). The maximum atomic E-state index is 14.2. The van der Waals surface area contributed by atoms with Gasteiger partial charge in [0.15, 0.2) is 0 Å². The van der Waals surface area contributed by atoms with Gasteiger partial charge in [-0.3, -0.25) is 28.8 Å². The van der Waals surface area contributed by atoms with Crippen LogP contribution >= 0.6 is 11.8 Å². The summed E-state index contributed by atoms with van der Waals surface area (Å²) in [5.74, 6) is -1.49. The Morgan fingerprint density at radius 1 is 0.620 bits per heavy atom. The van der Waals surface area contributed by atoms with E-state index in [-0.39, 0.29) is 47.5 Å². The summed E-state index contributed by atoms with van der Waals surface area (Å²) in [6.07, 6.45) is 8.86. The van der Waals surface area contributed by atoms with Crippen molar-refractivity contribution in [2.45, 2.75) is 152 Å². The van der Waals surface area contributed by atoms with Crippen LogP contribution in [0.25, 0.3) is 0 Å². The molecule has 2 saturated heterocycles. The molecule has 0 unspecified atom stereocenters. The van der Waals surface area contributed by atoms with Crippen LogP contribution in [0.1, 0.15) is 124 Å². The summed E-state index contributed by atoms with van der Waals surface area (Å²) in [4.78, 5) is 85.6. The van der Waals surface area contributed by atoms with E-state index in [4.69, 9.17) is 11.8 Å². The van der Waals surface area contributed by atoms with E-state index in [2.05, 4.69) is 61.5 Å². The SMILES string of the molecule is CN[C@@H](C)C(=O)N[C@@H](CCNCc1ccc(CNCC[C@H](NC(=O)[C@H](C)N(C)Cl)C(=O)N2CCC[C@H]2C(=O)N[C@@H]2CCCc3ccccc32)cc1)C(=O)N1CCC[C@H]1C(=O)N[C@@H]1CCCc2ccccc21. The third-order valence-electron chi connectivity index (χ3n) is 14.9. The van der Waals surface area contributed by atoms with Crippen molar-refractivity contribution in [2.24, 2.45) is 0 Å². The molecule has 71 heavy (non-hydrogen) atoms. The van der Waals surface area contributed by atoms with Crippen molar-refractivity contribution in [3.63, 3.8) is 0 Å². The molecule has 2 aliphatic heterocycles. The Morgan fingerprint density at radius 2 is 1.06 bits per heavy atom. The number of carbonyl (C=O) groups is 6. The van der Waals surface area contributed by atoms with Crippen LogP contribution in [0, 0.1) is 0 Å². The van der Waals surface area contributed by atoms with E-state index in [0.717, 1.165) is 60.8 Å². The van der Waals surface area contributed by atoms with Gasteiger partial charge in [-0.05, 0) is 156 Å². The second kappa shape index (κ2) is 25.8. The zero-order valence-corrected chi connectivity index (χ0v) is 42.7. The first-order valence-corrected chi connectivity index (χ1v) is 26.2. The van der Waals surface area contributed by atoms with Gasteiger partial charge < -0.3 is 47.0 Å². The number of likely N-dealkylation sites (N-methyl/N-ethyl adjacent to an activating group) is 2. The van der Waals surface area contributed by atoms with Crippen molar-refractivity contribution >= 4 is 47.2 Å². The normalized spacial score (nSPS) is 21.3. The summed E-state index contributed by atoms with van der Waals surface area (Å²) in [5.41, 5.74) is 6.85. The van der Waals surface area contributed by atoms with Crippen LogP contribution < -0.4 is 37.2 Å². The number of benzene rings is 3. The minimum absolute atomic E-state index is 0.0855. The first kappa shape index (κ1) is 53.4. The molecule has 17 heteroatoms. The second-order valence-electron chi connectivity index (χ2n) is 19.8. The number of rotatable bonds is 22. The van der Waals surface area contributed by atoms with Crippen LogP contribution in [0.15, 0.2) is 72.8 Å². The Labute approximate surface area is 424 Å². The van der Waals surface area contributed by atoms with Gasteiger partial charge in [0, 0.05) is 33.2 Å². The maximum absolute atomic E-state index is 14.2. The fraction of sp³-hybridized carbons (Fsp3) is 0.556. The molecule has 0 spiro atoms. The van der Waals surface area contributed by atoms with Crippen LogP contribution in [-0.2, 0) is 54.7 Å². The van der Waals surface area contributed by atoms with Crippen molar-refractivity contribution in [2.75, 3.05) is 40.3 Å². The third-order valence-corrected chi connectivity index (χ3v) is 15.2. The van der Waals surface area contributed by atoms with Crippen molar-refractivity contribution in [3.05, 3.63) is 106 Å². The highest BCUT2D eigenvalue weighted by molar-refractivity contribution is 6.14. The minimum Gasteiger partial charge on any atom is -0.347 e. The van der Waals surface area contributed by atoms with Crippen molar-refractivity contribution in [3.8, 4) is 0 Å². The first-order chi connectivity index (χ1) is 34.3. The molecule has 3 aromatic rings. The van der Waals surface area contributed by atoms with Gasteiger partial charge >= 0.3 is 0 Å². The lowest BCUT2D eigenvalue weighted by atomic mass is 9.87. The highest BCUT2D eigenvalue weighted by Gasteiger charge is 2.41. The Hall–Kier alpha value is -5.39. The average Bonchev–Trinajstić information content (AvgIpc) is 4.09. The summed E-state index contributed by atoms with van der Waals surface area (Å²) in [7, 11) is 3.29. The number of nitrogens with zero attached hydrogens (tertiary/aromatic N) is 3. The van der Waals surface area contributed by atoms with Crippen LogP contribution in [-0.4, -0.2) is 126 Å². The predicted molar refractivity (Wildman–Crippen MR) is 275 cm³/mol. The Bertz CT molecular complexity index is 2320. The molecule has 7 N–H and O–H groups in total. The van der Waals surface area contributed by atoms with Gasteiger partial charge in [0.1, 0.15) is 30.2 Å². The molecule has 2 heterocycles. The van der Waals surface area contributed by atoms with E-state index in [1.807, 2.05) is 48.5 Å². The fourth-order valence-corrected chi connectivity index (χ4v) is 10.6. The Kier molecular flexibility index (Phi) is 19.4. The first-order valence-electron chi connectivity index (χ1n) is 25.9. The summed E-state index contributed by atoms with van der Waals surface area (Å²) < 4.78 is 1.27. The Balaban J connectivity index is 0.892. The minimum atomic E-state index is -0.859. The molecule has 2 aliphatic carbocycles. The van der Waals surface area contributed by atoms with E-state index in [9.17, 15) is 28.8 Å². The molecule has 8 atom stereocenters. The van der Waals surface area contributed by atoms with Gasteiger partial charge in [-0.15, -0.1) is 0 Å². The lowest BCUT2D eigenvalue weighted by Crippen LogP contribution is -2.56. The van der Waals surface area contributed by atoms with E-state index in [1.165, 1.54) is 15.5 Å². The van der Waals surface area contributed by atoms with Crippen molar-refractivity contribution in [1.82, 2.24) is 51.4 Å². The lowest BCUT2D eigenvalue weighted by molar-refractivity contribution is -0.142. The van der Waals surface area contributed by atoms with Gasteiger partial charge in [0.25, 0.3) is 0 Å². The molecule has 3 aromatic carbocycles. The number of likely N-dealkylation sites (tertiary alicyclic amines) is 2. The molecule has 384 valence electrons. The van der Waals surface area contributed by atoms with Crippen molar-refractivity contribution < 1.29 is 28.8 Å².